The first-order valence-electron chi connectivity index (χ1n) is 7.24. The van der Waals surface area contributed by atoms with E-state index in [0.717, 1.165) is 30.0 Å². The van der Waals surface area contributed by atoms with Crippen molar-refractivity contribution in [3.8, 4) is 0 Å². The van der Waals surface area contributed by atoms with E-state index in [0.29, 0.717) is 10.9 Å². The lowest BCUT2D eigenvalue weighted by molar-refractivity contribution is -0.141. The molecule has 0 aliphatic rings. The Bertz CT molecular complexity index is 991. The van der Waals surface area contributed by atoms with Crippen LogP contribution in [-0.2, 0) is 16.1 Å². The summed E-state index contributed by atoms with van der Waals surface area (Å²) in [5.74, 6) is -1.82. The molecular weight excluding hydrogens is 350 g/mol. The number of halogens is 2. The average Bonchev–Trinajstić information content (AvgIpc) is 2.61. The third-order valence-electron chi connectivity index (χ3n) is 3.27. The van der Waals surface area contributed by atoms with Crippen LogP contribution in [0.2, 0.25) is 0 Å². The van der Waals surface area contributed by atoms with Gasteiger partial charge in [-0.3, -0.25) is 9.59 Å². The van der Waals surface area contributed by atoms with Crippen LogP contribution in [0.3, 0.4) is 0 Å². The fraction of sp³-hybridized carbons (Fsp3) is 0.118. The number of hydrogen-bond acceptors (Lipinski definition) is 5. The molecule has 0 fully saturated rings. The fourth-order valence-electron chi connectivity index (χ4n) is 2.12. The second-order valence-corrected chi connectivity index (χ2v) is 6.07. The highest BCUT2D eigenvalue weighted by atomic mass is 32.2. The van der Waals surface area contributed by atoms with E-state index in [4.69, 9.17) is 4.74 Å². The summed E-state index contributed by atoms with van der Waals surface area (Å²) in [6.45, 7) is -0.217. The Morgan fingerprint density at radius 2 is 2.00 bits per heavy atom. The number of aromatic amines is 1. The minimum Gasteiger partial charge on any atom is -0.457 e. The van der Waals surface area contributed by atoms with Crippen LogP contribution >= 0.6 is 11.8 Å². The second kappa shape index (κ2) is 7.43. The van der Waals surface area contributed by atoms with Gasteiger partial charge in [-0.15, -0.1) is 11.8 Å². The maximum atomic E-state index is 13.5. The summed E-state index contributed by atoms with van der Waals surface area (Å²) in [5, 5.41) is 0.440. The van der Waals surface area contributed by atoms with Crippen molar-refractivity contribution in [1.82, 2.24) is 9.97 Å². The number of nitrogens with one attached hydrogen (secondary N) is 1. The van der Waals surface area contributed by atoms with E-state index < -0.39 is 17.6 Å². The Hall–Kier alpha value is -2.74. The molecule has 0 amide bonds. The number of carbonyl (C=O) groups excluding carboxylic acids is 1. The summed E-state index contributed by atoms with van der Waals surface area (Å²) in [4.78, 5) is 30.4. The van der Waals surface area contributed by atoms with E-state index in [9.17, 15) is 18.4 Å². The monoisotopic (exact) mass is 362 g/mol. The lowest BCUT2D eigenvalue weighted by atomic mass is 10.2. The van der Waals surface area contributed by atoms with Gasteiger partial charge in [0.1, 0.15) is 24.1 Å². The summed E-state index contributed by atoms with van der Waals surface area (Å²) in [5.41, 5.74) is 0.168. The molecule has 0 aliphatic heterocycles. The molecular formula is C17H12F2N2O3S. The normalized spacial score (nSPS) is 10.8. The summed E-state index contributed by atoms with van der Waals surface area (Å²) in [6.07, 6.45) is 0. The van der Waals surface area contributed by atoms with Crippen molar-refractivity contribution in [2.75, 3.05) is 5.75 Å². The van der Waals surface area contributed by atoms with Gasteiger partial charge in [0.15, 0.2) is 0 Å². The summed E-state index contributed by atoms with van der Waals surface area (Å²) in [7, 11) is 0. The predicted molar refractivity (Wildman–Crippen MR) is 89.2 cm³/mol. The molecule has 0 unspecified atom stereocenters. The SMILES string of the molecule is O=C(CSc1cc(F)ccc1F)OCc1nc2ccccc2c(=O)[nH]1. The molecule has 0 saturated carbocycles. The molecule has 5 nitrogen and oxygen atoms in total. The van der Waals surface area contributed by atoms with Gasteiger partial charge in [0.2, 0.25) is 0 Å². The van der Waals surface area contributed by atoms with Crippen molar-refractivity contribution in [3.05, 3.63) is 70.3 Å². The quantitative estimate of drug-likeness (QED) is 0.558. The van der Waals surface area contributed by atoms with Crippen molar-refractivity contribution >= 4 is 28.6 Å². The molecule has 25 heavy (non-hydrogen) atoms. The van der Waals surface area contributed by atoms with Gasteiger partial charge in [-0.05, 0) is 30.3 Å². The van der Waals surface area contributed by atoms with Gasteiger partial charge in [-0.1, -0.05) is 12.1 Å². The molecule has 0 spiro atoms. The molecule has 1 N–H and O–H groups in total. The summed E-state index contributed by atoms with van der Waals surface area (Å²) >= 11 is 0.828. The van der Waals surface area contributed by atoms with Gasteiger partial charge in [0.05, 0.1) is 16.7 Å². The first-order chi connectivity index (χ1) is 12.0. The van der Waals surface area contributed by atoms with E-state index in [2.05, 4.69) is 9.97 Å². The maximum Gasteiger partial charge on any atom is 0.316 e. The number of benzene rings is 2. The van der Waals surface area contributed by atoms with Crippen molar-refractivity contribution in [2.45, 2.75) is 11.5 Å². The molecule has 8 heteroatoms. The van der Waals surface area contributed by atoms with Gasteiger partial charge in [-0.2, -0.15) is 0 Å². The van der Waals surface area contributed by atoms with Crippen molar-refractivity contribution in [2.24, 2.45) is 0 Å². The Morgan fingerprint density at radius 3 is 2.84 bits per heavy atom. The van der Waals surface area contributed by atoms with E-state index in [-0.39, 0.29) is 28.6 Å². The number of rotatable bonds is 5. The Labute approximate surface area is 145 Å². The number of esters is 1. The van der Waals surface area contributed by atoms with Crippen LogP contribution < -0.4 is 5.56 Å². The number of ether oxygens (including phenoxy) is 1. The number of H-pyrrole nitrogens is 1. The lowest BCUT2D eigenvalue weighted by Crippen LogP contribution is -2.15. The van der Waals surface area contributed by atoms with Crippen molar-refractivity contribution < 1.29 is 18.3 Å². The number of aromatic nitrogens is 2. The van der Waals surface area contributed by atoms with Crippen molar-refractivity contribution in [3.63, 3.8) is 0 Å². The van der Waals surface area contributed by atoms with Crippen molar-refractivity contribution in [1.29, 1.82) is 0 Å². The number of para-hydroxylation sites is 1. The average molecular weight is 362 g/mol. The minimum absolute atomic E-state index is 0.0224. The Kier molecular flexibility index (Phi) is 5.08. The molecule has 0 saturated heterocycles. The molecule has 0 radical (unpaired) electrons. The largest absolute Gasteiger partial charge is 0.457 e. The highest BCUT2D eigenvalue weighted by Gasteiger charge is 2.10. The topological polar surface area (TPSA) is 72.0 Å². The van der Waals surface area contributed by atoms with Crippen LogP contribution in [0.4, 0.5) is 8.78 Å². The highest BCUT2D eigenvalue weighted by Crippen LogP contribution is 2.22. The first-order valence-corrected chi connectivity index (χ1v) is 8.23. The standard InChI is InChI=1S/C17H12F2N2O3S/c18-10-5-6-12(19)14(7-10)25-9-16(22)24-8-15-20-13-4-2-1-3-11(13)17(23)21-15/h1-7H,8-9H2,(H,20,21,23). The van der Waals surface area contributed by atoms with Gasteiger partial charge in [0, 0.05) is 4.90 Å². The van der Waals surface area contributed by atoms with Gasteiger partial charge < -0.3 is 9.72 Å². The maximum absolute atomic E-state index is 13.5. The van der Waals surface area contributed by atoms with Gasteiger partial charge >= 0.3 is 5.97 Å². The molecule has 0 bridgehead atoms. The third kappa shape index (κ3) is 4.21. The summed E-state index contributed by atoms with van der Waals surface area (Å²) < 4.78 is 31.6. The predicted octanol–water partition coefficient (Wildman–Crippen LogP) is 3.04. The number of hydrogen-bond donors (Lipinski definition) is 1. The van der Waals surface area contributed by atoms with Crippen LogP contribution in [0.1, 0.15) is 5.82 Å². The molecule has 1 aromatic heterocycles. The number of carbonyl (C=O) groups is 1. The Morgan fingerprint density at radius 1 is 1.20 bits per heavy atom. The molecule has 1 heterocycles. The van der Waals surface area contributed by atoms with E-state index in [1.807, 2.05) is 0 Å². The van der Waals surface area contributed by atoms with E-state index in [1.54, 1.807) is 24.3 Å². The van der Waals surface area contributed by atoms with Crippen LogP contribution in [0, 0.1) is 11.6 Å². The first kappa shape index (κ1) is 17.1. The Balaban J connectivity index is 1.61. The summed E-state index contributed by atoms with van der Waals surface area (Å²) in [6, 6.07) is 9.79. The fourth-order valence-corrected chi connectivity index (χ4v) is 2.88. The lowest BCUT2D eigenvalue weighted by Gasteiger charge is -2.06. The minimum atomic E-state index is -0.635. The van der Waals surface area contributed by atoms with Crippen LogP contribution in [-0.4, -0.2) is 21.7 Å². The molecule has 0 atom stereocenters. The van der Waals surface area contributed by atoms with E-state index in [1.165, 1.54) is 0 Å². The zero-order valence-electron chi connectivity index (χ0n) is 12.8. The van der Waals surface area contributed by atoms with Gasteiger partial charge in [0.25, 0.3) is 5.56 Å². The van der Waals surface area contributed by atoms with Crippen LogP contribution in [0.25, 0.3) is 10.9 Å². The van der Waals surface area contributed by atoms with Crippen LogP contribution in [0.5, 0.6) is 0 Å². The smallest absolute Gasteiger partial charge is 0.316 e. The van der Waals surface area contributed by atoms with E-state index >= 15 is 0 Å². The number of fused-ring (bicyclic) bond motifs is 1. The molecule has 3 aromatic rings. The van der Waals surface area contributed by atoms with Crippen LogP contribution in [0.15, 0.2) is 52.2 Å². The van der Waals surface area contributed by atoms with Gasteiger partial charge in [-0.25, -0.2) is 13.8 Å². The molecule has 128 valence electrons. The molecule has 3 rings (SSSR count). The zero-order valence-corrected chi connectivity index (χ0v) is 13.6. The number of thioether (sulfide) groups is 1. The second-order valence-electron chi connectivity index (χ2n) is 5.05. The molecule has 2 aromatic carbocycles. The number of nitrogens with zero attached hydrogens (tertiary/aromatic N) is 1. The molecule has 0 aliphatic carbocycles. The third-order valence-corrected chi connectivity index (χ3v) is 4.27. The highest BCUT2D eigenvalue weighted by molar-refractivity contribution is 8.00. The zero-order chi connectivity index (χ0) is 17.8.